The summed E-state index contributed by atoms with van der Waals surface area (Å²) in [5, 5.41) is 9.16. The van der Waals surface area contributed by atoms with Gasteiger partial charge in [-0.1, -0.05) is 52.9 Å². The summed E-state index contributed by atoms with van der Waals surface area (Å²) in [6.07, 6.45) is 10.4. The molecule has 0 heterocycles. The Kier molecular flexibility index (Phi) is 10.0. The standard InChI is InChI=1S/C20H36O4/c1-4-9-18(13-7-5-6-10-15(2)3)24-20(23)17-12-8-11-16(14-17)19(21)22/h15-18H,4-14H2,1-3H3,(H,21,22). The Morgan fingerprint density at radius 3 is 2.33 bits per heavy atom. The number of ether oxygens (including phenoxy) is 1. The number of hydrogen-bond donors (Lipinski definition) is 1. The molecular formula is C20H36O4. The van der Waals surface area contributed by atoms with Crippen molar-refractivity contribution in [3.8, 4) is 0 Å². The Labute approximate surface area is 147 Å². The highest BCUT2D eigenvalue weighted by molar-refractivity contribution is 5.75. The van der Waals surface area contributed by atoms with Crippen molar-refractivity contribution in [2.75, 3.05) is 0 Å². The van der Waals surface area contributed by atoms with E-state index >= 15 is 0 Å². The highest BCUT2D eigenvalue weighted by Gasteiger charge is 2.32. The zero-order valence-electron chi connectivity index (χ0n) is 15.8. The first-order valence-electron chi connectivity index (χ1n) is 9.87. The van der Waals surface area contributed by atoms with Gasteiger partial charge in [-0.3, -0.25) is 9.59 Å². The fourth-order valence-corrected chi connectivity index (χ4v) is 3.57. The van der Waals surface area contributed by atoms with Crippen molar-refractivity contribution in [1.82, 2.24) is 0 Å². The maximum Gasteiger partial charge on any atom is 0.309 e. The summed E-state index contributed by atoms with van der Waals surface area (Å²) in [6.45, 7) is 6.60. The second kappa shape index (κ2) is 11.5. The predicted octanol–water partition coefficient (Wildman–Crippen LogP) is 5.20. The Morgan fingerprint density at radius 1 is 1.04 bits per heavy atom. The van der Waals surface area contributed by atoms with Crippen molar-refractivity contribution < 1.29 is 19.4 Å². The number of carboxylic acids is 1. The van der Waals surface area contributed by atoms with Crippen LogP contribution in [-0.2, 0) is 14.3 Å². The molecule has 1 fully saturated rings. The van der Waals surface area contributed by atoms with E-state index < -0.39 is 5.97 Å². The van der Waals surface area contributed by atoms with E-state index in [-0.39, 0.29) is 23.9 Å². The monoisotopic (exact) mass is 340 g/mol. The van der Waals surface area contributed by atoms with Crippen molar-refractivity contribution in [3.63, 3.8) is 0 Å². The summed E-state index contributed by atoms with van der Waals surface area (Å²) in [5.74, 6) is -0.788. The van der Waals surface area contributed by atoms with Crippen LogP contribution in [0.25, 0.3) is 0 Å². The van der Waals surface area contributed by atoms with Crippen molar-refractivity contribution in [3.05, 3.63) is 0 Å². The van der Waals surface area contributed by atoms with Gasteiger partial charge in [0.05, 0.1) is 11.8 Å². The maximum absolute atomic E-state index is 12.4. The molecule has 24 heavy (non-hydrogen) atoms. The normalized spacial score (nSPS) is 22.3. The topological polar surface area (TPSA) is 63.6 Å². The van der Waals surface area contributed by atoms with Crippen LogP contribution in [0.15, 0.2) is 0 Å². The number of carbonyl (C=O) groups is 2. The fourth-order valence-electron chi connectivity index (χ4n) is 3.57. The molecule has 1 N–H and O–H groups in total. The summed E-state index contributed by atoms with van der Waals surface area (Å²) < 4.78 is 5.75. The summed E-state index contributed by atoms with van der Waals surface area (Å²) in [6, 6.07) is 0. The number of carbonyl (C=O) groups excluding carboxylic acids is 1. The van der Waals surface area contributed by atoms with E-state index in [0.29, 0.717) is 12.8 Å². The van der Waals surface area contributed by atoms with Crippen molar-refractivity contribution >= 4 is 11.9 Å². The molecule has 4 heteroatoms. The lowest BCUT2D eigenvalue weighted by molar-refractivity contribution is -0.157. The number of esters is 1. The number of hydrogen-bond acceptors (Lipinski definition) is 3. The molecule has 1 saturated carbocycles. The van der Waals surface area contributed by atoms with Crippen LogP contribution in [0.4, 0.5) is 0 Å². The summed E-state index contributed by atoms with van der Waals surface area (Å²) in [7, 11) is 0. The van der Waals surface area contributed by atoms with E-state index in [1.54, 1.807) is 0 Å². The van der Waals surface area contributed by atoms with Gasteiger partial charge in [0.2, 0.25) is 0 Å². The Balaban J connectivity index is 2.37. The molecule has 0 aromatic rings. The van der Waals surface area contributed by atoms with Gasteiger partial charge in [0.1, 0.15) is 6.10 Å². The van der Waals surface area contributed by atoms with E-state index in [2.05, 4.69) is 20.8 Å². The lowest BCUT2D eigenvalue weighted by Gasteiger charge is -2.27. The first-order valence-corrected chi connectivity index (χ1v) is 9.87. The summed E-state index contributed by atoms with van der Waals surface area (Å²) in [4.78, 5) is 23.6. The quantitative estimate of drug-likeness (QED) is 0.415. The first kappa shape index (κ1) is 21.0. The maximum atomic E-state index is 12.4. The van der Waals surface area contributed by atoms with Gasteiger partial charge >= 0.3 is 11.9 Å². The number of unbranched alkanes of at least 4 members (excludes halogenated alkanes) is 2. The lowest BCUT2D eigenvalue weighted by Crippen LogP contribution is -2.31. The van der Waals surface area contributed by atoms with Crippen LogP contribution in [0.3, 0.4) is 0 Å². The summed E-state index contributed by atoms with van der Waals surface area (Å²) >= 11 is 0. The van der Waals surface area contributed by atoms with Crippen molar-refractivity contribution in [2.45, 2.75) is 97.5 Å². The van der Waals surface area contributed by atoms with Crippen molar-refractivity contribution in [1.29, 1.82) is 0 Å². The molecule has 140 valence electrons. The molecule has 1 rings (SSSR count). The number of rotatable bonds is 11. The van der Waals surface area contributed by atoms with Gasteiger partial charge in [0.25, 0.3) is 0 Å². The smallest absolute Gasteiger partial charge is 0.309 e. The molecule has 0 spiro atoms. The number of carboxylic acid groups (broad SMARTS) is 1. The lowest BCUT2D eigenvalue weighted by atomic mass is 9.81. The Morgan fingerprint density at radius 2 is 1.71 bits per heavy atom. The second-order valence-electron chi connectivity index (χ2n) is 7.78. The minimum absolute atomic E-state index is 0.00625. The fraction of sp³-hybridized carbons (Fsp3) is 0.900. The van der Waals surface area contributed by atoms with Crippen LogP contribution in [0, 0.1) is 17.8 Å². The van der Waals surface area contributed by atoms with Gasteiger partial charge in [0, 0.05) is 0 Å². The van der Waals surface area contributed by atoms with Crippen LogP contribution in [0.5, 0.6) is 0 Å². The third-order valence-corrected chi connectivity index (χ3v) is 5.06. The van der Waals surface area contributed by atoms with Crippen molar-refractivity contribution in [2.24, 2.45) is 17.8 Å². The van der Waals surface area contributed by atoms with Crippen LogP contribution >= 0.6 is 0 Å². The van der Waals surface area contributed by atoms with Crippen LogP contribution in [0.2, 0.25) is 0 Å². The van der Waals surface area contributed by atoms with Gasteiger partial charge in [-0.15, -0.1) is 0 Å². The zero-order valence-corrected chi connectivity index (χ0v) is 15.8. The molecule has 0 aromatic carbocycles. The van der Waals surface area contributed by atoms with Crippen LogP contribution < -0.4 is 0 Å². The Bertz CT molecular complexity index is 378. The molecule has 3 unspecified atom stereocenters. The molecule has 0 aromatic heterocycles. The molecule has 0 amide bonds. The average Bonchev–Trinajstić information content (AvgIpc) is 2.54. The van der Waals surface area contributed by atoms with E-state index in [9.17, 15) is 9.59 Å². The van der Waals surface area contributed by atoms with E-state index in [1.165, 1.54) is 19.3 Å². The highest BCUT2D eigenvalue weighted by Crippen LogP contribution is 2.31. The highest BCUT2D eigenvalue weighted by atomic mass is 16.5. The molecule has 0 bridgehead atoms. The largest absolute Gasteiger partial charge is 0.481 e. The Hall–Kier alpha value is -1.06. The van der Waals surface area contributed by atoms with Gasteiger partial charge in [-0.05, 0) is 44.4 Å². The summed E-state index contributed by atoms with van der Waals surface area (Å²) in [5.41, 5.74) is 0. The third kappa shape index (κ3) is 8.16. The molecule has 0 radical (unpaired) electrons. The average molecular weight is 341 g/mol. The second-order valence-corrected chi connectivity index (χ2v) is 7.78. The number of aliphatic carboxylic acids is 1. The zero-order chi connectivity index (χ0) is 17.9. The molecule has 1 aliphatic rings. The minimum atomic E-state index is -0.775. The molecule has 3 atom stereocenters. The van der Waals surface area contributed by atoms with Gasteiger partial charge in [0.15, 0.2) is 0 Å². The van der Waals surface area contributed by atoms with Gasteiger partial charge in [-0.2, -0.15) is 0 Å². The van der Waals surface area contributed by atoms with Gasteiger partial charge in [-0.25, -0.2) is 0 Å². The molecule has 1 aliphatic carbocycles. The third-order valence-electron chi connectivity index (χ3n) is 5.06. The predicted molar refractivity (Wildman–Crippen MR) is 95.8 cm³/mol. The molecule has 4 nitrogen and oxygen atoms in total. The van der Waals surface area contributed by atoms with Crippen LogP contribution in [-0.4, -0.2) is 23.1 Å². The molecule has 0 aliphatic heterocycles. The van der Waals surface area contributed by atoms with Crippen LogP contribution in [0.1, 0.15) is 91.4 Å². The van der Waals surface area contributed by atoms with E-state index in [1.807, 2.05) is 0 Å². The minimum Gasteiger partial charge on any atom is -0.481 e. The SMILES string of the molecule is CCCC(CCCCCC(C)C)OC(=O)C1CCCC(C(=O)O)C1. The van der Waals surface area contributed by atoms with E-state index in [4.69, 9.17) is 9.84 Å². The molecular weight excluding hydrogens is 304 g/mol. The molecule has 0 saturated heterocycles. The van der Waals surface area contributed by atoms with Gasteiger partial charge < -0.3 is 9.84 Å². The van der Waals surface area contributed by atoms with E-state index in [0.717, 1.165) is 44.4 Å². The first-order chi connectivity index (χ1) is 11.4.